The van der Waals surface area contributed by atoms with Gasteiger partial charge < -0.3 is 10.2 Å². The van der Waals surface area contributed by atoms with Crippen LogP contribution < -0.4 is 10.2 Å². The molecule has 120 valence electrons. The molecule has 23 heavy (non-hydrogen) atoms. The maximum absolute atomic E-state index is 12.0. The van der Waals surface area contributed by atoms with Crippen molar-refractivity contribution in [2.45, 2.75) is 19.3 Å². The van der Waals surface area contributed by atoms with E-state index < -0.39 is 0 Å². The van der Waals surface area contributed by atoms with Crippen LogP contribution in [0.25, 0.3) is 0 Å². The van der Waals surface area contributed by atoms with Gasteiger partial charge >= 0.3 is 0 Å². The average Bonchev–Trinajstić information content (AvgIpc) is 3.13. The molecular weight excluding hydrogens is 376 g/mol. The minimum absolute atomic E-state index is 0.0106. The molecule has 0 spiro atoms. The summed E-state index contributed by atoms with van der Waals surface area (Å²) in [5.74, 6) is 1.48. The van der Waals surface area contributed by atoms with Gasteiger partial charge in [-0.25, -0.2) is 0 Å². The number of thiophene rings is 1. The van der Waals surface area contributed by atoms with Crippen molar-refractivity contribution in [2.75, 3.05) is 24.5 Å². The summed E-state index contributed by atoms with van der Waals surface area (Å²) < 4.78 is 0.956. The molecule has 4 rings (SSSR count). The Morgan fingerprint density at radius 2 is 2.22 bits per heavy atom. The smallest absolute Gasteiger partial charge is 0.261 e. The minimum Gasteiger partial charge on any atom is -0.354 e. The highest BCUT2D eigenvalue weighted by Gasteiger charge is 2.29. The Balaban J connectivity index is 1.28. The molecule has 0 unspecified atom stereocenters. The standard InChI is InChI=1S/C16H17BrN4OS/c17-12-5-14(23-9-12)16(22)18-6-10-7-21(8-10)15-4-11-2-1-3-13(11)19-20-15/h4-5,9-10H,1-3,6-8H2,(H,18,22). The third-order valence-corrected chi connectivity index (χ3v) is 6.12. The summed E-state index contributed by atoms with van der Waals surface area (Å²) in [7, 11) is 0. The molecule has 1 amide bonds. The number of rotatable bonds is 4. The molecule has 0 bridgehead atoms. The first-order valence-corrected chi connectivity index (χ1v) is 9.49. The van der Waals surface area contributed by atoms with Crippen LogP contribution in [0.4, 0.5) is 5.82 Å². The molecule has 0 atom stereocenters. The van der Waals surface area contributed by atoms with Gasteiger partial charge in [-0.15, -0.1) is 16.4 Å². The van der Waals surface area contributed by atoms with Gasteiger partial charge in [-0.05, 0) is 52.9 Å². The van der Waals surface area contributed by atoms with E-state index in [1.54, 1.807) is 0 Å². The predicted molar refractivity (Wildman–Crippen MR) is 94.1 cm³/mol. The van der Waals surface area contributed by atoms with Crippen LogP contribution >= 0.6 is 27.3 Å². The van der Waals surface area contributed by atoms with Gasteiger partial charge in [-0.1, -0.05) is 0 Å². The van der Waals surface area contributed by atoms with Crippen molar-refractivity contribution in [1.82, 2.24) is 15.5 Å². The number of amides is 1. The van der Waals surface area contributed by atoms with Gasteiger partial charge in [0.1, 0.15) is 0 Å². The van der Waals surface area contributed by atoms with Gasteiger partial charge in [-0.3, -0.25) is 4.79 Å². The molecule has 3 heterocycles. The SMILES string of the molecule is O=C(NCC1CN(c2cc3c(nn2)CCC3)C1)c1cc(Br)cs1. The van der Waals surface area contributed by atoms with E-state index >= 15 is 0 Å². The van der Waals surface area contributed by atoms with Crippen LogP contribution in [0.15, 0.2) is 22.0 Å². The quantitative estimate of drug-likeness (QED) is 0.868. The summed E-state index contributed by atoms with van der Waals surface area (Å²) in [5.41, 5.74) is 2.52. The molecule has 0 aromatic carbocycles. The number of hydrogen-bond acceptors (Lipinski definition) is 5. The van der Waals surface area contributed by atoms with E-state index in [1.165, 1.54) is 29.0 Å². The molecule has 1 aliphatic heterocycles. The number of nitrogens with one attached hydrogen (secondary N) is 1. The zero-order chi connectivity index (χ0) is 15.8. The third kappa shape index (κ3) is 3.12. The molecule has 5 nitrogen and oxygen atoms in total. The zero-order valence-corrected chi connectivity index (χ0v) is 15.0. The summed E-state index contributed by atoms with van der Waals surface area (Å²) in [6.07, 6.45) is 3.39. The van der Waals surface area contributed by atoms with Gasteiger partial charge in [-0.2, -0.15) is 5.10 Å². The summed E-state index contributed by atoms with van der Waals surface area (Å²) in [4.78, 5) is 15.0. The topological polar surface area (TPSA) is 58.1 Å². The molecule has 1 fully saturated rings. The van der Waals surface area contributed by atoms with Crippen LogP contribution in [0.2, 0.25) is 0 Å². The molecular formula is C16H17BrN4OS. The lowest BCUT2D eigenvalue weighted by molar-refractivity contribution is 0.0948. The van der Waals surface area contributed by atoms with Gasteiger partial charge in [0.15, 0.2) is 5.82 Å². The van der Waals surface area contributed by atoms with E-state index in [9.17, 15) is 4.79 Å². The van der Waals surface area contributed by atoms with Crippen molar-refractivity contribution in [3.63, 3.8) is 0 Å². The highest BCUT2D eigenvalue weighted by Crippen LogP contribution is 2.27. The third-order valence-electron chi connectivity index (χ3n) is 4.43. The van der Waals surface area contributed by atoms with Crippen LogP contribution in [0, 0.1) is 5.92 Å². The lowest BCUT2D eigenvalue weighted by Gasteiger charge is -2.40. The fraction of sp³-hybridized carbons (Fsp3) is 0.438. The minimum atomic E-state index is 0.0106. The van der Waals surface area contributed by atoms with Crippen molar-refractivity contribution in [3.8, 4) is 0 Å². The van der Waals surface area contributed by atoms with Crippen molar-refractivity contribution >= 4 is 39.0 Å². The van der Waals surface area contributed by atoms with Crippen molar-refractivity contribution in [3.05, 3.63) is 38.1 Å². The first kappa shape index (κ1) is 15.1. The second-order valence-electron chi connectivity index (χ2n) is 6.14. The Hall–Kier alpha value is -1.47. The van der Waals surface area contributed by atoms with E-state index in [1.807, 2.05) is 11.4 Å². The molecule has 7 heteroatoms. The number of nitrogens with zero attached hydrogens (tertiary/aromatic N) is 3. The van der Waals surface area contributed by atoms with E-state index in [0.29, 0.717) is 12.5 Å². The van der Waals surface area contributed by atoms with Crippen molar-refractivity contribution < 1.29 is 4.79 Å². The Kier molecular flexibility index (Phi) is 4.07. The van der Waals surface area contributed by atoms with E-state index in [4.69, 9.17) is 0 Å². The van der Waals surface area contributed by atoms with Gasteiger partial charge in [0, 0.05) is 35.4 Å². The number of carbonyl (C=O) groups is 1. The molecule has 2 aromatic rings. The number of aromatic nitrogens is 2. The second-order valence-corrected chi connectivity index (χ2v) is 7.97. The highest BCUT2D eigenvalue weighted by molar-refractivity contribution is 9.10. The maximum Gasteiger partial charge on any atom is 0.261 e. The van der Waals surface area contributed by atoms with Crippen LogP contribution in [0.5, 0.6) is 0 Å². The van der Waals surface area contributed by atoms with Crippen LogP contribution in [0.1, 0.15) is 27.3 Å². The lowest BCUT2D eigenvalue weighted by atomic mass is 10.00. The monoisotopic (exact) mass is 392 g/mol. The molecule has 2 aromatic heterocycles. The lowest BCUT2D eigenvalue weighted by Crippen LogP contribution is -2.51. The molecule has 1 N–H and O–H groups in total. The van der Waals surface area contributed by atoms with Crippen molar-refractivity contribution in [1.29, 1.82) is 0 Å². The number of halogens is 1. The summed E-state index contributed by atoms with van der Waals surface area (Å²) >= 11 is 4.83. The molecule has 0 saturated carbocycles. The first-order chi connectivity index (χ1) is 11.2. The maximum atomic E-state index is 12.0. The normalized spacial score (nSPS) is 17.0. The average molecular weight is 393 g/mol. The molecule has 0 radical (unpaired) electrons. The van der Waals surface area contributed by atoms with Gasteiger partial charge in [0.2, 0.25) is 0 Å². The van der Waals surface area contributed by atoms with Crippen LogP contribution in [0.3, 0.4) is 0 Å². The summed E-state index contributed by atoms with van der Waals surface area (Å²) in [5, 5.41) is 13.6. The largest absolute Gasteiger partial charge is 0.354 e. The van der Waals surface area contributed by atoms with Crippen LogP contribution in [-0.4, -0.2) is 35.7 Å². The molecule has 1 saturated heterocycles. The van der Waals surface area contributed by atoms with Gasteiger partial charge in [0.05, 0.1) is 10.6 Å². The highest BCUT2D eigenvalue weighted by atomic mass is 79.9. The Labute approximate surface area is 147 Å². The summed E-state index contributed by atoms with van der Waals surface area (Å²) in [6.45, 7) is 2.58. The fourth-order valence-electron chi connectivity index (χ4n) is 3.11. The predicted octanol–water partition coefficient (Wildman–Crippen LogP) is 2.66. The zero-order valence-electron chi connectivity index (χ0n) is 12.6. The Bertz CT molecular complexity index is 741. The first-order valence-electron chi connectivity index (χ1n) is 7.81. The van der Waals surface area contributed by atoms with Crippen LogP contribution in [-0.2, 0) is 12.8 Å². The van der Waals surface area contributed by atoms with Crippen molar-refractivity contribution in [2.24, 2.45) is 5.92 Å². The molecule has 2 aliphatic rings. The van der Waals surface area contributed by atoms with E-state index in [2.05, 4.69) is 42.4 Å². The second kappa shape index (κ2) is 6.20. The van der Waals surface area contributed by atoms with Gasteiger partial charge in [0.25, 0.3) is 5.91 Å². The number of fused-ring (bicyclic) bond motifs is 1. The number of anilines is 1. The number of hydrogen-bond donors (Lipinski definition) is 1. The molecule has 1 aliphatic carbocycles. The Morgan fingerprint density at radius 1 is 1.35 bits per heavy atom. The van der Waals surface area contributed by atoms with E-state index in [0.717, 1.165) is 41.1 Å². The Morgan fingerprint density at radius 3 is 3.00 bits per heavy atom. The number of carbonyl (C=O) groups excluding carboxylic acids is 1. The number of aryl methyl sites for hydroxylation is 2. The fourth-order valence-corrected chi connectivity index (χ4v) is 4.46. The van der Waals surface area contributed by atoms with E-state index in [-0.39, 0.29) is 5.91 Å². The summed E-state index contributed by atoms with van der Waals surface area (Å²) in [6, 6.07) is 4.04.